The zero-order valence-corrected chi connectivity index (χ0v) is 10.5. The lowest BCUT2D eigenvalue weighted by Gasteiger charge is -2.18. The maximum atomic E-state index is 4.48. The Labute approximate surface area is 109 Å². The van der Waals surface area contributed by atoms with Crippen molar-refractivity contribution in [2.45, 2.75) is 6.42 Å². The summed E-state index contributed by atoms with van der Waals surface area (Å²) in [5.74, 6) is 1.03. The van der Waals surface area contributed by atoms with Crippen LogP contribution in [0.1, 0.15) is 5.56 Å². The van der Waals surface area contributed by atoms with E-state index < -0.39 is 0 Å². The van der Waals surface area contributed by atoms with Gasteiger partial charge in [-0.25, -0.2) is 9.97 Å². The van der Waals surface area contributed by atoms with Crippen LogP contribution in [0.25, 0.3) is 10.2 Å². The van der Waals surface area contributed by atoms with Crippen molar-refractivity contribution in [3.63, 3.8) is 0 Å². The highest BCUT2D eigenvalue weighted by atomic mass is 32.1. The third-order valence-electron chi connectivity index (χ3n) is 3.38. The number of benzene rings is 1. The fourth-order valence-electron chi connectivity index (χ4n) is 2.55. The molecule has 0 radical (unpaired) electrons. The lowest BCUT2D eigenvalue weighted by molar-refractivity contribution is 0.975. The van der Waals surface area contributed by atoms with Gasteiger partial charge in [0.25, 0.3) is 0 Å². The quantitative estimate of drug-likeness (QED) is 0.665. The smallest absolute Gasteiger partial charge is 0.145 e. The van der Waals surface area contributed by atoms with E-state index in [1.807, 2.05) is 0 Å². The molecule has 0 amide bonds. The van der Waals surface area contributed by atoms with E-state index >= 15 is 0 Å². The first-order chi connectivity index (χ1) is 8.93. The van der Waals surface area contributed by atoms with Crippen molar-refractivity contribution in [1.82, 2.24) is 9.97 Å². The third-order valence-corrected chi connectivity index (χ3v) is 4.20. The van der Waals surface area contributed by atoms with E-state index in [0.29, 0.717) is 0 Å². The van der Waals surface area contributed by atoms with E-state index in [1.165, 1.54) is 11.3 Å². The Morgan fingerprint density at radius 1 is 1.11 bits per heavy atom. The average Bonchev–Trinajstić information content (AvgIpc) is 3.05. The molecule has 0 unspecified atom stereocenters. The van der Waals surface area contributed by atoms with E-state index in [9.17, 15) is 0 Å². The van der Waals surface area contributed by atoms with Gasteiger partial charge in [0.05, 0.1) is 5.39 Å². The SMILES string of the molecule is c1ccc2c(c1)CCN2c1ncnc2sccc12. The highest BCUT2D eigenvalue weighted by molar-refractivity contribution is 7.16. The van der Waals surface area contributed by atoms with E-state index in [-0.39, 0.29) is 0 Å². The number of anilines is 2. The van der Waals surface area contributed by atoms with Crippen LogP contribution < -0.4 is 4.90 Å². The van der Waals surface area contributed by atoms with E-state index in [1.54, 1.807) is 17.7 Å². The molecule has 0 saturated heterocycles. The van der Waals surface area contributed by atoms with Crippen LogP contribution in [0.5, 0.6) is 0 Å². The van der Waals surface area contributed by atoms with Crippen molar-refractivity contribution >= 4 is 33.1 Å². The molecule has 3 aromatic rings. The van der Waals surface area contributed by atoms with Crippen LogP contribution in [0.4, 0.5) is 11.5 Å². The summed E-state index contributed by atoms with van der Waals surface area (Å²) >= 11 is 1.66. The summed E-state index contributed by atoms with van der Waals surface area (Å²) in [5, 5.41) is 3.23. The second-order valence-electron chi connectivity index (χ2n) is 4.37. The fraction of sp³-hybridized carbons (Fsp3) is 0.143. The first kappa shape index (κ1) is 10.0. The van der Waals surface area contributed by atoms with Crippen LogP contribution in [-0.2, 0) is 6.42 Å². The van der Waals surface area contributed by atoms with Crippen molar-refractivity contribution in [3.05, 3.63) is 47.6 Å². The molecule has 4 heteroatoms. The molecule has 0 spiro atoms. The van der Waals surface area contributed by atoms with Gasteiger partial charge in [-0.05, 0) is 29.5 Å². The molecule has 0 fully saturated rings. The molecule has 0 bridgehead atoms. The molecule has 4 rings (SSSR count). The molecule has 0 saturated carbocycles. The van der Waals surface area contributed by atoms with Gasteiger partial charge in [-0.1, -0.05) is 18.2 Å². The van der Waals surface area contributed by atoms with Crippen molar-refractivity contribution in [2.24, 2.45) is 0 Å². The first-order valence-corrected chi connectivity index (χ1v) is 6.85. The van der Waals surface area contributed by atoms with Gasteiger partial charge in [0.1, 0.15) is 17.0 Å². The summed E-state index contributed by atoms with van der Waals surface area (Å²) in [6.07, 6.45) is 2.75. The zero-order chi connectivity index (χ0) is 11.9. The number of fused-ring (bicyclic) bond motifs is 2. The number of hydrogen-bond acceptors (Lipinski definition) is 4. The molecule has 1 aliphatic heterocycles. The molecular weight excluding hydrogens is 242 g/mol. The second-order valence-corrected chi connectivity index (χ2v) is 5.26. The van der Waals surface area contributed by atoms with Gasteiger partial charge >= 0.3 is 0 Å². The van der Waals surface area contributed by atoms with Gasteiger partial charge in [0.15, 0.2) is 0 Å². The predicted octanol–water partition coefficient (Wildman–Crippen LogP) is 3.39. The number of thiophene rings is 1. The van der Waals surface area contributed by atoms with Crippen molar-refractivity contribution in [3.8, 4) is 0 Å². The molecule has 0 N–H and O–H groups in total. The number of para-hydroxylation sites is 1. The lowest BCUT2D eigenvalue weighted by Crippen LogP contribution is -2.15. The Kier molecular flexibility index (Phi) is 2.11. The Hall–Kier alpha value is -1.94. The fourth-order valence-corrected chi connectivity index (χ4v) is 3.28. The normalized spacial score (nSPS) is 14.1. The largest absolute Gasteiger partial charge is 0.325 e. The van der Waals surface area contributed by atoms with Gasteiger partial charge < -0.3 is 4.90 Å². The van der Waals surface area contributed by atoms with Crippen LogP contribution in [0.3, 0.4) is 0 Å². The van der Waals surface area contributed by atoms with E-state index in [4.69, 9.17) is 0 Å². The van der Waals surface area contributed by atoms with Gasteiger partial charge in [0, 0.05) is 12.2 Å². The molecule has 0 aliphatic carbocycles. The van der Waals surface area contributed by atoms with Crippen molar-refractivity contribution in [1.29, 1.82) is 0 Å². The number of rotatable bonds is 1. The molecule has 2 aromatic heterocycles. The van der Waals surface area contributed by atoms with Crippen LogP contribution in [0.15, 0.2) is 42.0 Å². The Morgan fingerprint density at radius 2 is 2.06 bits per heavy atom. The summed E-state index contributed by atoms with van der Waals surface area (Å²) in [7, 11) is 0. The van der Waals surface area contributed by atoms with Gasteiger partial charge in [-0.15, -0.1) is 11.3 Å². The van der Waals surface area contributed by atoms with Crippen LogP contribution in [0, 0.1) is 0 Å². The van der Waals surface area contributed by atoms with Crippen molar-refractivity contribution < 1.29 is 0 Å². The van der Waals surface area contributed by atoms with Crippen LogP contribution >= 0.6 is 11.3 Å². The average molecular weight is 253 g/mol. The molecule has 3 heterocycles. The lowest BCUT2D eigenvalue weighted by atomic mass is 10.2. The van der Waals surface area contributed by atoms with Crippen LogP contribution in [0.2, 0.25) is 0 Å². The standard InChI is InChI=1S/C14H11N3S/c1-2-4-12-10(3-1)5-7-17(12)13-11-6-8-18-14(11)16-9-15-13/h1-4,6,8-9H,5,7H2. The summed E-state index contributed by atoms with van der Waals surface area (Å²) in [6, 6.07) is 10.7. The highest BCUT2D eigenvalue weighted by Gasteiger charge is 2.22. The van der Waals surface area contributed by atoms with E-state index in [2.05, 4.69) is 50.6 Å². The Morgan fingerprint density at radius 3 is 3.06 bits per heavy atom. The summed E-state index contributed by atoms with van der Waals surface area (Å²) < 4.78 is 0. The zero-order valence-electron chi connectivity index (χ0n) is 9.71. The Bertz CT molecular complexity index is 720. The first-order valence-electron chi connectivity index (χ1n) is 5.97. The minimum Gasteiger partial charge on any atom is -0.325 e. The maximum Gasteiger partial charge on any atom is 0.145 e. The third kappa shape index (κ3) is 1.36. The number of nitrogens with zero attached hydrogens (tertiary/aromatic N) is 3. The minimum absolute atomic E-state index is 1.00. The van der Waals surface area contributed by atoms with Crippen LogP contribution in [-0.4, -0.2) is 16.5 Å². The predicted molar refractivity (Wildman–Crippen MR) is 74.6 cm³/mol. The summed E-state index contributed by atoms with van der Waals surface area (Å²) in [5.41, 5.74) is 2.68. The minimum atomic E-state index is 1.00. The van der Waals surface area contributed by atoms with Gasteiger partial charge in [-0.3, -0.25) is 0 Å². The van der Waals surface area contributed by atoms with Crippen molar-refractivity contribution in [2.75, 3.05) is 11.4 Å². The van der Waals surface area contributed by atoms with Gasteiger partial charge in [-0.2, -0.15) is 0 Å². The monoisotopic (exact) mass is 253 g/mol. The number of aromatic nitrogens is 2. The summed E-state index contributed by atoms with van der Waals surface area (Å²) in [6.45, 7) is 1.00. The second kappa shape index (κ2) is 3.78. The highest BCUT2D eigenvalue weighted by Crippen LogP contribution is 2.37. The summed E-state index contributed by atoms with van der Waals surface area (Å²) in [4.78, 5) is 12.1. The molecule has 18 heavy (non-hydrogen) atoms. The van der Waals surface area contributed by atoms with E-state index in [0.717, 1.165) is 29.0 Å². The van der Waals surface area contributed by atoms with Gasteiger partial charge in [0.2, 0.25) is 0 Å². The molecular formula is C14H11N3S. The maximum absolute atomic E-state index is 4.48. The molecule has 88 valence electrons. The molecule has 3 nitrogen and oxygen atoms in total. The molecule has 1 aliphatic rings. The Balaban J connectivity index is 1.92. The molecule has 1 aromatic carbocycles. The topological polar surface area (TPSA) is 29.0 Å². The number of hydrogen-bond donors (Lipinski definition) is 0. The molecule has 0 atom stereocenters.